The fourth-order valence-electron chi connectivity index (χ4n) is 3.12. The maximum atomic E-state index is 13.0. The van der Waals surface area contributed by atoms with Crippen LogP contribution in [0.2, 0.25) is 0 Å². The van der Waals surface area contributed by atoms with Gasteiger partial charge in [0.15, 0.2) is 0 Å². The van der Waals surface area contributed by atoms with Gasteiger partial charge in [-0.2, -0.15) is 13.2 Å². The second kappa shape index (κ2) is 7.68. The first-order chi connectivity index (χ1) is 11.3. The fraction of sp³-hybridized carbons (Fsp3) is 0.529. The summed E-state index contributed by atoms with van der Waals surface area (Å²) < 4.78 is 39.0. The molecular formula is C17H20F3NO3. The van der Waals surface area contributed by atoms with E-state index >= 15 is 0 Å². The summed E-state index contributed by atoms with van der Waals surface area (Å²) in [6.07, 6.45) is -0.762. The molecule has 24 heavy (non-hydrogen) atoms. The van der Waals surface area contributed by atoms with Gasteiger partial charge in [-0.3, -0.25) is 4.79 Å². The smallest absolute Gasteiger partial charge is 0.416 e. The molecule has 0 radical (unpaired) electrons. The van der Waals surface area contributed by atoms with Crippen LogP contribution >= 0.6 is 0 Å². The van der Waals surface area contributed by atoms with E-state index in [1.54, 1.807) is 0 Å². The Morgan fingerprint density at radius 1 is 1.21 bits per heavy atom. The molecule has 1 aliphatic rings. The van der Waals surface area contributed by atoms with Crippen LogP contribution in [0.15, 0.2) is 24.3 Å². The maximum absolute atomic E-state index is 13.0. The van der Waals surface area contributed by atoms with Crippen LogP contribution < -0.4 is 5.32 Å². The van der Waals surface area contributed by atoms with Crippen LogP contribution in [-0.2, 0) is 22.2 Å². The molecule has 1 aromatic rings. The zero-order chi connectivity index (χ0) is 17.7. The normalized spacial score (nSPS) is 16.8. The molecule has 0 bridgehead atoms. The van der Waals surface area contributed by atoms with E-state index in [0.717, 1.165) is 31.7 Å². The van der Waals surface area contributed by atoms with E-state index in [4.69, 9.17) is 0 Å². The molecule has 0 aromatic heterocycles. The van der Waals surface area contributed by atoms with Crippen molar-refractivity contribution in [3.8, 4) is 0 Å². The van der Waals surface area contributed by atoms with Gasteiger partial charge in [-0.05, 0) is 30.4 Å². The summed E-state index contributed by atoms with van der Waals surface area (Å²) in [5, 5.41) is 11.6. The number of hydrogen-bond donors (Lipinski definition) is 2. The zero-order valence-electron chi connectivity index (χ0n) is 13.1. The number of alkyl halides is 3. The molecule has 0 aliphatic heterocycles. The quantitative estimate of drug-likeness (QED) is 0.832. The van der Waals surface area contributed by atoms with Crippen LogP contribution in [0.4, 0.5) is 13.2 Å². The molecular weight excluding hydrogens is 323 g/mol. The van der Waals surface area contributed by atoms with Crippen molar-refractivity contribution in [3.63, 3.8) is 0 Å². The molecule has 0 spiro atoms. The molecule has 0 heterocycles. The largest absolute Gasteiger partial charge is 0.480 e. The van der Waals surface area contributed by atoms with E-state index in [0.29, 0.717) is 0 Å². The molecule has 1 aromatic carbocycles. The summed E-state index contributed by atoms with van der Waals surface area (Å²) in [4.78, 5) is 23.3. The number of carboxylic acid groups (broad SMARTS) is 1. The molecule has 2 rings (SSSR count). The third-order valence-electron chi connectivity index (χ3n) is 4.33. The highest BCUT2D eigenvalue weighted by Crippen LogP contribution is 2.32. The van der Waals surface area contributed by atoms with Crippen LogP contribution in [0.5, 0.6) is 0 Å². The summed E-state index contributed by atoms with van der Waals surface area (Å²) in [7, 11) is 0. The Bertz CT molecular complexity index is 595. The highest BCUT2D eigenvalue weighted by atomic mass is 19.4. The minimum Gasteiger partial charge on any atom is -0.480 e. The number of halogens is 3. The number of aliphatic carboxylic acids is 1. The summed E-state index contributed by atoms with van der Waals surface area (Å²) in [6.45, 7) is 0. The van der Waals surface area contributed by atoms with Gasteiger partial charge in [0.25, 0.3) is 0 Å². The minimum absolute atomic E-state index is 0.140. The van der Waals surface area contributed by atoms with Crippen molar-refractivity contribution >= 4 is 11.9 Å². The number of carbonyl (C=O) groups is 2. The van der Waals surface area contributed by atoms with E-state index in [1.807, 2.05) is 0 Å². The van der Waals surface area contributed by atoms with Crippen molar-refractivity contribution in [1.82, 2.24) is 5.32 Å². The number of benzene rings is 1. The molecule has 1 saturated carbocycles. The van der Waals surface area contributed by atoms with Gasteiger partial charge in [-0.15, -0.1) is 0 Å². The number of carboxylic acids is 1. The summed E-state index contributed by atoms with van der Waals surface area (Å²) in [5.74, 6) is -1.52. The summed E-state index contributed by atoms with van der Waals surface area (Å²) in [6, 6.07) is 3.45. The van der Waals surface area contributed by atoms with Crippen LogP contribution in [0.25, 0.3) is 0 Å². The van der Waals surface area contributed by atoms with Crippen LogP contribution in [-0.4, -0.2) is 23.0 Å². The highest BCUT2D eigenvalue weighted by Gasteiger charge is 2.34. The van der Waals surface area contributed by atoms with Gasteiger partial charge in [0, 0.05) is 12.8 Å². The van der Waals surface area contributed by atoms with E-state index in [2.05, 4.69) is 5.32 Å². The third-order valence-corrected chi connectivity index (χ3v) is 4.33. The minimum atomic E-state index is -4.56. The van der Waals surface area contributed by atoms with Crippen LogP contribution in [0.3, 0.4) is 0 Å². The first-order valence-corrected chi connectivity index (χ1v) is 7.94. The lowest BCUT2D eigenvalue weighted by Gasteiger charge is -2.19. The van der Waals surface area contributed by atoms with E-state index < -0.39 is 36.1 Å². The maximum Gasteiger partial charge on any atom is 0.416 e. The standard InChI is InChI=1S/C17H20F3NO3/c18-17(19,20)13-8-4-3-7-12(13)10-14(16(23)24)21-15(22)9-11-5-1-2-6-11/h3-4,7-8,11,14H,1-2,5-6,9-10H2,(H,21,22)(H,23,24)/t14-/m0/s1. The van der Waals surface area contributed by atoms with Gasteiger partial charge in [-0.25, -0.2) is 4.79 Å². The van der Waals surface area contributed by atoms with Gasteiger partial charge in [-0.1, -0.05) is 31.0 Å². The second-order valence-electron chi connectivity index (χ2n) is 6.17. The Balaban J connectivity index is 2.06. The van der Waals surface area contributed by atoms with Gasteiger partial charge in [0.1, 0.15) is 6.04 Å². The molecule has 1 fully saturated rings. The number of nitrogens with one attached hydrogen (secondary N) is 1. The molecule has 0 unspecified atom stereocenters. The number of hydrogen-bond acceptors (Lipinski definition) is 2. The average molecular weight is 343 g/mol. The summed E-state index contributed by atoms with van der Waals surface area (Å²) >= 11 is 0. The molecule has 132 valence electrons. The lowest BCUT2D eigenvalue weighted by molar-refractivity contribution is -0.143. The van der Waals surface area contributed by atoms with Crippen molar-refractivity contribution in [1.29, 1.82) is 0 Å². The first kappa shape index (κ1) is 18.3. The molecule has 4 nitrogen and oxygen atoms in total. The second-order valence-corrected chi connectivity index (χ2v) is 6.17. The Hall–Kier alpha value is -2.05. The fourth-order valence-corrected chi connectivity index (χ4v) is 3.12. The van der Waals surface area contributed by atoms with Gasteiger partial charge >= 0.3 is 12.1 Å². The average Bonchev–Trinajstić information content (AvgIpc) is 2.98. The van der Waals surface area contributed by atoms with Gasteiger partial charge in [0.2, 0.25) is 5.91 Å². The van der Waals surface area contributed by atoms with Crippen molar-refractivity contribution in [3.05, 3.63) is 35.4 Å². The number of amides is 1. The monoisotopic (exact) mass is 343 g/mol. The molecule has 0 saturated heterocycles. The van der Waals surface area contributed by atoms with E-state index in [1.165, 1.54) is 18.2 Å². The zero-order valence-corrected chi connectivity index (χ0v) is 13.1. The lowest BCUT2D eigenvalue weighted by Crippen LogP contribution is -2.43. The van der Waals surface area contributed by atoms with Crippen molar-refractivity contribution in [2.45, 2.75) is 50.7 Å². The predicted octanol–water partition coefficient (Wildman–Crippen LogP) is 3.40. The number of carbonyl (C=O) groups excluding carboxylic acids is 1. The molecule has 2 N–H and O–H groups in total. The third kappa shape index (κ3) is 4.97. The van der Waals surface area contributed by atoms with Crippen LogP contribution in [0.1, 0.15) is 43.2 Å². The molecule has 1 amide bonds. The van der Waals surface area contributed by atoms with Crippen molar-refractivity contribution < 1.29 is 27.9 Å². The topological polar surface area (TPSA) is 66.4 Å². The Labute approximate surface area is 138 Å². The molecule has 7 heteroatoms. The van der Waals surface area contributed by atoms with Crippen LogP contribution in [0, 0.1) is 5.92 Å². The summed E-state index contributed by atoms with van der Waals surface area (Å²) in [5.41, 5.74) is -1.01. The SMILES string of the molecule is O=C(CC1CCCC1)N[C@@H](Cc1ccccc1C(F)(F)F)C(=O)O. The Morgan fingerprint density at radius 2 is 1.83 bits per heavy atom. The lowest BCUT2D eigenvalue weighted by atomic mass is 9.99. The Morgan fingerprint density at radius 3 is 2.42 bits per heavy atom. The molecule has 1 aliphatic carbocycles. The van der Waals surface area contributed by atoms with Crippen molar-refractivity contribution in [2.24, 2.45) is 5.92 Å². The van der Waals surface area contributed by atoms with E-state index in [9.17, 15) is 27.9 Å². The number of rotatable bonds is 6. The Kier molecular flexibility index (Phi) is 5.85. The highest BCUT2D eigenvalue weighted by molar-refractivity contribution is 5.83. The van der Waals surface area contributed by atoms with Gasteiger partial charge in [0.05, 0.1) is 5.56 Å². The van der Waals surface area contributed by atoms with E-state index in [-0.39, 0.29) is 17.9 Å². The van der Waals surface area contributed by atoms with Crippen molar-refractivity contribution in [2.75, 3.05) is 0 Å². The van der Waals surface area contributed by atoms with Gasteiger partial charge < -0.3 is 10.4 Å². The predicted molar refractivity (Wildman–Crippen MR) is 81.3 cm³/mol. The first-order valence-electron chi connectivity index (χ1n) is 7.94. The molecule has 1 atom stereocenters.